The van der Waals surface area contributed by atoms with E-state index in [9.17, 15) is 4.79 Å². The number of benzene rings is 1. The molecule has 1 amide bonds. The quantitative estimate of drug-likeness (QED) is 0.650. The number of nitrogens with one attached hydrogen (secondary N) is 1. The van der Waals surface area contributed by atoms with Gasteiger partial charge in [-0.2, -0.15) is 0 Å². The Balaban J connectivity index is 1.85. The molecule has 1 atom stereocenters. The molecule has 0 aliphatic heterocycles. The molecule has 1 aromatic carbocycles. The zero-order valence-corrected chi connectivity index (χ0v) is 11.4. The molecule has 0 saturated carbocycles. The van der Waals surface area contributed by atoms with Crippen molar-refractivity contribution in [2.75, 3.05) is 5.73 Å². The Morgan fingerprint density at radius 1 is 1.42 bits per heavy atom. The normalized spacial score (nSPS) is 12.1. The molecule has 0 bridgehead atoms. The molecule has 2 aromatic rings. The molecule has 1 heterocycles. The molecule has 0 aliphatic carbocycles. The van der Waals surface area contributed by atoms with Crippen LogP contribution in [0.2, 0.25) is 0 Å². The van der Waals surface area contributed by atoms with Crippen LogP contribution in [0.15, 0.2) is 52.0 Å². The number of carbonyl (C=O) groups excluding carboxylic acids is 1. The van der Waals surface area contributed by atoms with Crippen LogP contribution in [-0.4, -0.2) is 11.2 Å². The predicted octanol–water partition coefficient (Wildman–Crippen LogP) is 2.66. The van der Waals surface area contributed by atoms with Gasteiger partial charge in [0.1, 0.15) is 5.76 Å². The van der Waals surface area contributed by atoms with Crippen LogP contribution in [0.5, 0.6) is 0 Å². The van der Waals surface area contributed by atoms with Crippen LogP contribution in [0.1, 0.15) is 12.7 Å². The topological polar surface area (TPSA) is 68.3 Å². The Morgan fingerprint density at radius 3 is 2.95 bits per heavy atom. The number of rotatable bonds is 5. The SMILES string of the molecule is CC(Sc1cccc(N)c1)C(=O)NCc1ccco1. The van der Waals surface area contributed by atoms with Crippen molar-refractivity contribution in [3.05, 3.63) is 48.4 Å². The summed E-state index contributed by atoms with van der Waals surface area (Å²) in [5.41, 5.74) is 6.41. The van der Waals surface area contributed by atoms with Gasteiger partial charge in [-0.1, -0.05) is 6.07 Å². The van der Waals surface area contributed by atoms with E-state index in [1.54, 1.807) is 12.3 Å². The number of nitrogens with two attached hydrogens (primary N) is 1. The lowest BCUT2D eigenvalue weighted by molar-refractivity contribution is -0.120. The number of nitrogen functional groups attached to an aromatic ring is 1. The summed E-state index contributed by atoms with van der Waals surface area (Å²) in [6.07, 6.45) is 1.59. The lowest BCUT2D eigenvalue weighted by Crippen LogP contribution is -2.30. The van der Waals surface area contributed by atoms with E-state index in [0.29, 0.717) is 12.2 Å². The minimum absolute atomic E-state index is 0.0242. The Bertz CT molecular complexity index is 540. The standard InChI is InChI=1S/C14H16N2O2S/c1-10(19-13-6-2-4-11(15)8-13)14(17)16-9-12-5-3-7-18-12/h2-8,10H,9,15H2,1H3,(H,16,17). The van der Waals surface area contributed by atoms with E-state index in [0.717, 1.165) is 10.7 Å². The van der Waals surface area contributed by atoms with Gasteiger partial charge in [0.2, 0.25) is 5.91 Å². The van der Waals surface area contributed by atoms with E-state index in [1.165, 1.54) is 11.8 Å². The predicted molar refractivity (Wildman–Crippen MR) is 76.7 cm³/mol. The molecule has 4 nitrogen and oxygen atoms in total. The third kappa shape index (κ3) is 4.06. The second-order valence-corrected chi connectivity index (χ2v) is 5.54. The first kappa shape index (κ1) is 13.5. The number of furan rings is 1. The molecule has 3 N–H and O–H groups in total. The first-order valence-electron chi connectivity index (χ1n) is 5.97. The lowest BCUT2D eigenvalue weighted by atomic mass is 10.3. The lowest BCUT2D eigenvalue weighted by Gasteiger charge is -2.11. The highest BCUT2D eigenvalue weighted by Crippen LogP contribution is 2.24. The van der Waals surface area contributed by atoms with Crippen molar-refractivity contribution in [2.24, 2.45) is 0 Å². The summed E-state index contributed by atoms with van der Waals surface area (Å²) in [6.45, 7) is 2.28. The Morgan fingerprint density at radius 2 is 2.26 bits per heavy atom. The fourth-order valence-corrected chi connectivity index (χ4v) is 2.54. The van der Waals surface area contributed by atoms with Gasteiger partial charge in [-0.15, -0.1) is 11.8 Å². The van der Waals surface area contributed by atoms with Crippen LogP contribution < -0.4 is 11.1 Å². The maximum Gasteiger partial charge on any atom is 0.233 e. The number of thioether (sulfide) groups is 1. The molecule has 1 aromatic heterocycles. The van der Waals surface area contributed by atoms with Crippen molar-refractivity contribution < 1.29 is 9.21 Å². The van der Waals surface area contributed by atoms with Gasteiger partial charge in [0.05, 0.1) is 18.1 Å². The van der Waals surface area contributed by atoms with E-state index in [-0.39, 0.29) is 11.2 Å². The monoisotopic (exact) mass is 276 g/mol. The van der Waals surface area contributed by atoms with Crippen molar-refractivity contribution in [2.45, 2.75) is 23.6 Å². The van der Waals surface area contributed by atoms with Crippen molar-refractivity contribution in [1.29, 1.82) is 0 Å². The summed E-state index contributed by atoms with van der Waals surface area (Å²) in [4.78, 5) is 12.9. The fourth-order valence-electron chi connectivity index (χ4n) is 1.58. The second kappa shape index (κ2) is 6.33. The number of amides is 1. The van der Waals surface area contributed by atoms with Gasteiger partial charge < -0.3 is 15.5 Å². The van der Waals surface area contributed by atoms with Crippen molar-refractivity contribution in [3.8, 4) is 0 Å². The van der Waals surface area contributed by atoms with Gasteiger partial charge in [-0.3, -0.25) is 4.79 Å². The van der Waals surface area contributed by atoms with Crippen molar-refractivity contribution in [3.63, 3.8) is 0 Å². The number of hydrogen-bond donors (Lipinski definition) is 2. The molecule has 2 rings (SSSR count). The van der Waals surface area contributed by atoms with Crippen LogP contribution in [0.4, 0.5) is 5.69 Å². The van der Waals surface area contributed by atoms with Crippen LogP contribution in [0.3, 0.4) is 0 Å². The number of carbonyl (C=O) groups is 1. The molecule has 0 radical (unpaired) electrons. The molecule has 19 heavy (non-hydrogen) atoms. The first-order valence-corrected chi connectivity index (χ1v) is 6.85. The van der Waals surface area contributed by atoms with Gasteiger partial charge in [0.25, 0.3) is 0 Å². The summed E-state index contributed by atoms with van der Waals surface area (Å²) >= 11 is 1.48. The van der Waals surface area contributed by atoms with E-state index in [1.807, 2.05) is 37.3 Å². The van der Waals surface area contributed by atoms with Gasteiger partial charge in [-0.05, 0) is 37.3 Å². The smallest absolute Gasteiger partial charge is 0.233 e. The van der Waals surface area contributed by atoms with Crippen LogP contribution in [-0.2, 0) is 11.3 Å². The average molecular weight is 276 g/mol. The molecule has 100 valence electrons. The zero-order chi connectivity index (χ0) is 13.7. The Hall–Kier alpha value is -1.88. The third-order valence-electron chi connectivity index (χ3n) is 2.56. The van der Waals surface area contributed by atoms with Gasteiger partial charge >= 0.3 is 0 Å². The maximum absolute atomic E-state index is 11.9. The molecule has 5 heteroatoms. The van der Waals surface area contributed by atoms with Gasteiger partial charge in [0, 0.05) is 10.6 Å². The highest BCUT2D eigenvalue weighted by atomic mass is 32.2. The molecule has 0 spiro atoms. The Kier molecular flexibility index (Phi) is 4.52. The van der Waals surface area contributed by atoms with Crippen molar-refractivity contribution in [1.82, 2.24) is 5.32 Å². The summed E-state index contributed by atoms with van der Waals surface area (Å²) in [7, 11) is 0. The second-order valence-electron chi connectivity index (χ2n) is 4.13. The zero-order valence-electron chi connectivity index (χ0n) is 10.6. The fraction of sp³-hybridized carbons (Fsp3) is 0.214. The minimum Gasteiger partial charge on any atom is -0.467 e. The molecule has 1 unspecified atom stereocenters. The van der Waals surface area contributed by atoms with Gasteiger partial charge in [-0.25, -0.2) is 0 Å². The van der Waals surface area contributed by atoms with E-state index in [2.05, 4.69) is 5.32 Å². The van der Waals surface area contributed by atoms with Crippen LogP contribution in [0.25, 0.3) is 0 Å². The molecular formula is C14H16N2O2S. The molecule has 0 fully saturated rings. The summed E-state index contributed by atoms with van der Waals surface area (Å²) in [6, 6.07) is 11.1. The van der Waals surface area contributed by atoms with Crippen LogP contribution in [0, 0.1) is 0 Å². The molecule has 0 saturated heterocycles. The van der Waals surface area contributed by atoms with E-state index < -0.39 is 0 Å². The summed E-state index contributed by atoms with van der Waals surface area (Å²) in [5.74, 6) is 0.721. The first-order chi connectivity index (χ1) is 9.15. The van der Waals surface area contributed by atoms with E-state index >= 15 is 0 Å². The largest absolute Gasteiger partial charge is 0.467 e. The molecular weight excluding hydrogens is 260 g/mol. The van der Waals surface area contributed by atoms with Crippen molar-refractivity contribution >= 4 is 23.4 Å². The van der Waals surface area contributed by atoms with Crippen LogP contribution >= 0.6 is 11.8 Å². The molecule has 0 aliphatic rings. The number of anilines is 1. The van der Waals surface area contributed by atoms with Gasteiger partial charge in [0.15, 0.2) is 0 Å². The van der Waals surface area contributed by atoms with E-state index in [4.69, 9.17) is 10.2 Å². The Labute approximate surface area is 116 Å². The summed E-state index contributed by atoms with van der Waals surface area (Å²) < 4.78 is 5.16. The highest BCUT2D eigenvalue weighted by molar-refractivity contribution is 8.00. The third-order valence-corrected chi connectivity index (χ3v) is 3.65. The average Bonchev–Trinajstić information content (AvgIpc) is 2.89. The number of hydrogen-bond acceptors (Lipinski definition) is 4. The maximum atomic E-state index is 11.9. The summed E-state index contributed by atoms with van der Waals surface area (Å²) in [5, 5.41) is 2.65. The minimum atomic E-state index is -0.184. The highest BCUT2D eigenvalue weighted by Gasteiger charge is 2.14.